The second-order valence-electron chi connectivity index (χ2n) is 5.33. The molecule has 0 bridgehead atoms. The highest BCUT2D eigenvalue weighted by molar-refractivity contribution is 8.13. The van der Waals surface area contributed by atoms with Gasteiger partial charge in [0.15, 0.2) is 0 Å². The molecule has 0 fully saturated rings. The van der Waals surface area contributed by atoms with Crippen molar-refractivity contribution in [2.75, 3.05) is 38.0 Å². The van der Waals surface area contributed by atoms with Crippen molar-refractivity contribution in [3.63, 3.8) is 0 Å². The molecule has 0 aromatic heterocycles. The fourth-order valence-electron chi connectivity index (χ4n) is 1.64. The molecule has 2 aromatic carbocycles. The maximum Gasteiger partial charge on any atom is 0.261 e. The van der Waals surface area contributed by atoms with E-state index >= 15 is 0 Å². The van der Waals surface area contributed by atoms with Crippen molar-refractivity contribution >= 4 is 54.3 Å². The van der Waals surface area contributed by atoms with Gasteiger partial charge in [-0.3, -0.25) is 0 Å². The molecular formula is C16H21Cl2N2O5S2-. The molecule has 11 heteroatoms. The smallest absolute Gasteiger partial charge is 0.261 e. The van der Waals surface area contributed by atoms with Crippen LogP contribution in [0.25, 0.3) is 0 Å². The average molecular weight is 456 g/mol. The molecule has 0 radical (unpaired) electrons. The minimum Gasteiger partial charge on any atom is -0.749 e. The molecule has 0 aliphatic rings. The number of hydrogen-bond acceptors (Lipinski definition) is 7. The van der Waals surface area contributed by atoms with E-state index in [0.717, 1.165) is 5.69 Å². The van der Waals surface area contributed by atoms with Crippen molar-refractivity contribution in [2.45, 2.75) is 4.90 Å². The van der Waals surface area contributed by atoms with E-state index < -0.39 is 20.4 Å². The van der Waals surface area contributed by atoms with Crippen molar-refractivity contribution in [3.8, 4) is 0 Å². The molecule has 2 aromatic rings. The van der Waals surface area contributed by atoms with Gasteiger partial charge in [-0.05, 0) is 30.3 Å². The van der Waals surface area contributed by atoms with Gasteiger partial charge in [-0.1, -0.05) is 24.3 Å². The van der Waals surface area contributed by atoms with Gasteiger partial charge in [0.25, 0.3) is 9.05 Å². The van der Waals surface area contributed by atoms with E-state index in [1.165, 1.54) is 17.8 Å². The van der Waals surface area contributed by atoms with Gasteiger partial charge in [0.1, 0.15) is 11.4 Å². The molecule has 0 amide bonds. The Morgan fingerprint density at radius 3 is 1.70 bits per heavy atom. The molecule has 0 saturated carbocycles. The Kier molecular flexibility index (Phi) is 12.3. The Bertz CT molecular complexity index is 803. The van der Waals surface area contributed by atoms with Gasteiger partial charge >= 0.3 is 0 Å². The Balaban J connectivity index is 0.000000419. The average Bonchev–Trinajstić information content (AvgIpc) is 2.63. The molecule has 0 aliphatic carbocycles. The van der Waals surface area contributed by atoms with Crippen LogP contribution in [-0.2, 0) is 24.1 Å². The van der Waals surface area contributed by atoms with Gasteiger partial charge in [-0.2, -0.15) is 3.74 Å². The van der Waals surface area contributed by atoms with Gasteiger partial charge in [0.2, 0.25) is 0 Å². The standard InChI is InChI=1S/C8H10ClNO2S.C8H11N.ClHO3S/c1-10(2)7-4-3-5-8(6-7)13(9,11)12;1-9(2)8-6-4-3-5-7-8;1-4-5(2)3/h3-6H,1-2H3;3-7H,1-2H3;(H,2,3)/p-1. The van der Waals surface area contributed by atoms with E-state index in [9.17, 15) is 8.42 Å². The summed E-state index contributed by atoms with van der Waals surface area (Å²) < 4.78 is 43.1. The van der Waals surface area contributed by atoms with Crippen LogP contribution in [0.1, 0.15) is 0 Å². The summed E-state index contributed by atoms with van der Waals surface area (Å²) in [6.07, 6.45) is 0. The lowest BCUT2D eigenvalue weighted by Crippen LogP contribution is -2.08. The SMILES string of the molecule is CN(C)c1cccc(S(=O)(=O)Cl)c1.CN(C)c1ccccc1.O=S([O-])OCl. The van der Waals surface area contributed by atoms with Crippen LogP contribution in [0.4, 0.5) is 11.4 Å². The van der Waals surface area contributed by atoms with Crippen LogP contribution in [0.5, 0.6) is 0 Å². The van der Waals surface area contributed by atoms with Crippen LogP contribution >= 0.6 is 22.5 Å². The van der Waals surface area contributed by atoms with Gasteiger partial charge < -0.3 is 14.4 Å². The van der Waals surface area contributed by atoms with Crippen molar-refractivity contribution in [2.24, 2.45) is 0 Å². The molecule has 0 aliphatic heterocycles. The topological polar surface area (TPSA) is 90.0 Å². The number of nitrogens with zero attached hydrogens (tertiary/aromatic N) is 2. The summed E-state index contributed by atoms with van der Waals surface area (Å²) in [7, 11) is 9.32. The molecule has 0 heterocycles. The van der Waals surface area contributed by atoms with Gasteiger partial charge in [0, 0.05) is 50.2 Å². The van der Waals surface area contributed by atoms with E-state index in [-0.39, 0.29) is 4.90 Å². The highest BCUT2D eigenvalue weighted by atomic mass is 35.7. The molecule has 2 rings (SSSR count). The van der Waals surface area contributed by atoms with E-state index in [2.05, 4.69) is 32.6 Å². The van der Waals surface area contributed by atoms with Gasteiger partial charge in [0.05, 0.1) is 16.8 Å². The number of para-hydroxylation sites is 1. The monoisotopic (exact) mass is 455 g/mol. The lowest BCUT2D eigenvalue weighted by molar-refractivity contribution is 0.457. The molecule has 1 unspecified atom stereocenters. The summed E-state index contributed by atoms with van der Waals surface area (Å²) in [6.45, 7) is 0. The number of rotatable bonds is 4. The highest BCUT2D eigenvalue weighted by Gasteiger charge is 2.10. The van der Waals surface area contributed by atoms with E-state index in [1.54, 1.807) is 6.07 Å². The van der Waals surface area contributed by atoms with Crippen molar-refractivity contribution < 1.29 is 20.9 Å². The molecule has 152 valence electrons. The Hall–Kier alpha value is -1.36. The van der Waals surface area contributed by atoms with Crippen molar-refractivity contribution in [3.05, 3.63) is 54.6 Å². The summed E-state index contributed by atoms with van der Waals surface area (Å²) in [5.41, 5.74) is 2.05. The second-order valence-corrected chi connectivity index (χ2v) is 8.80. The number of benzene rings is 2. The summed E-state index contributed by atoms with van der Waals surface area (Å²) in [6, 6.07) is 16.7. The molecule has 0 saturated heterocycles. The summed E-state index contributed by atoms with van der Waals surface area (Å²) in [5, 5.41) is 0. The van der Waals surface area contributed by atoms with Gasteiger partial charge in [-0.15, -0.1) is 0 Å². The van der Waals surface area contributed by atoms with Crippen LogP contribution in [0.15, 0.2) is 59.5 Å². The van der Waals surface area contributed by atoms with Crippen LogP contribution in [0, 0.1) is 0 Å². The predicted molar refractivity (Wildman–Crippen MR) is 110 cm³/mol. The zero-order valence-corrected chi connectivity index (χ0v) is 18.3. The fraction of sp³-hybridized carbons (Fsp3) is 0.250. The minimum atomic E-state index is -3.61. The van der Waals surface area contributed by atoms with Crippen molar-refractivity contribution in [1.82, 2.24) is 0 Å². The minimum absolute atomic E-state index is 0.125. The third-order valence-corrected chi connectivity index (χ3v) is 4.70. The second kappa shape index (κ2) is 12.9. The Morgan fingerprint density at radius 2 is 1.37 bits per heavy atom. The summed E-state index contributed by atoms with van der Waals surface area (Å²) >= 11 is 1.67. The molecule has 1 atom stereocenters. The number of halogens is 2. The highest BCUT2D eigenvalue weighted by Crippen LogP contribution is 2.20. The van der Waals surface area contributed by atoms with E-state index in [4.69, 9.17) is 19.4 Å². The molecule has 0 spiro atoms. The first-order valence-corrected chi connectivity index (χ1v) is 10.9. The Morgan fingerprint density at radius 1 is 0.926 bits per heavy atom. The predicted octanol–water partition coefficient (Wildman–Crippen LogP) is 3.38. The van der Waals surface area contributed by atoms with Gasteiger partial charge in [-0.25, -0.2) is 12.6 Å². The zero-order valence-electron chi connectivity index (χ0n) is 15.2. The van der Waals surface area contributed by atoms with E-state index in [1.807, 2.05) is 57.4 Å². The summed E-state index contributed by atoms with van der Waals surface area (Å²) in [5.74, 6) is 0. The lowest BCUT2D eigenvalue weighted by atomic mass is 10.3. The number of anilines is 2. The normalized spacial score (nSPS) is 11.2. The third kappa shape index (κ3) is 11.9. The molecule has 7 nitrogen and oxygen atoms in total. The Labute approximate surface area is 172 Å². The first-order chi connectivity index (χ1) is 12.5. The van der Waals surface area contributed by atoms with Crippen LogP contribution in [-0.4, -0.2) is 45.4 Å². The first kappa shape index (κ1) is 25.6. The quantitative estimate of drug-likeness (QED) is 0.515. The number of hydrogen-bond donors (Lipinski definition) is 0. The molecule has 0 N–H and O–H groups in total. The molecular weight excluding hydrogens is 435 g/mol. The van der Waals surface area contributed by atoms with Crippen LogP contribution in [0.3, 0.4) is 0 Å². The van der Waals surface area contributed by atoms with Crippen molar-refractivity contribution in [1.29, 1.82) is 0 Å². The maximum absolute atomic E-state index is 11.0. The largest absolute Gasteiger partial charge is 0.749 e. The first-order valence-electron chi connectivity index (χ1n) is 7.31. The van der Waals surface area contributed by atoms with Crippen LogP contribution < -0.4 is 9.80 Å². The molecule has 27 heavy (non-hydrogen) atoms. The van der Waals surface area contributed by atoms with E-state index in [0.29, 0.717) is 0 Å². The third-order valence-electron chi connectivity index (χ3n) is 2.94. The zero-order chi connectivity index (χ0) is 21.0. The maximum atomic E-state index is 11.0. The fourth-order valence-corrected chi connectivity index (χ4v) is 2.43. The summed E-state index contributed by atoms with van der Waals surface area (Å²) in [4.78, 5) is 4.02. The van der Waals surface area contributed by atoms with Crippen LogP contribution in [0.2, 0.25) is 0 Å². The lowest BCUT2D eigenvalue weighted by Gasteiger charge is -2.12.